The molecule has 13 heavy (non-hydrogen) atoms. The molecule has 0 aliphatic rings. The third-order valence-corrected chi connectivity index (χ3v) is 1.93. The van der Waals surface area contributed by atoms with Crippen molar-refractivity contribution in [2.45, 2.75) is 0 Å². The highest BCUT2D eigenvalue weighted by molar-refractivity contribution is 6.06. The average Bonchev–Trinajstić information content (AvgIpc) is 2.72. The Morgan fingerprint density at radius 3 is 2.77 bits per heavy atom. The number of rotatable bonds is 0. The van der Waals surface area contributed by atoms with Crippen molar-refractivity contribution >= 4 is 21.8 Å². The molecule has 0 bridgehead atoms. The largest absolute Gasteiger partial charge is 0.355 e. The van der Waals surface area contributed by atoms with Crippen molar-refractivity contribution in [2.24, 2.45) is 0 Å². The first-order chi connectivity index (χ1) is 9.36. The van der Waals surface area contributed by atoms with E-state index in [4.69, 9.17) is 9.64 Å². The van der Waals surface area contributed by atoms with Crippen LogP contribution in [-0.2, 0) is 0 Å². The first-order valence-corrected chi connectivity index (χ1v) is 3.86. The van der Waals surface area contributed by atoms with Gasteiger partial charge in [-0.05, 0) is 12.1 Å². The summed E-state index contributed by atoms with van der Waals surface area (Å²) in [5.41, 5.74) is 0.332. The molecule has 0 spiro atoms. The smallest absolute Gasteiger partial charge is 0.167 e. The summed E-state index contributed by atoms with van der Waals surface area (Å²) in [4.78, 5) is 0.903. The molecule has 0 saturated carbocycles. The minimum atomic E-state index is -0.406. The van der Waals surface area contributed by atoms with E-state index in [9.17, 15) is 0 Å². The lowest BCUT2D eigenvalue weighted by Gasteiger charge is -1.87. The van der Waals surface area contributed by atoms with Gasteiger partial charge in [-0.1, -0.05) is 36.3 Å². The molecule has 1 N–H and O–H groups in total. The molecule has 0 radical (unpaired) electrons. The van der Waals surface area contributed by atoms with E-state index >= 15 is 0 Å². The molecular formula is C12H9N. The molecule has 3 rings (SSSR count). The summed E-state index contributed by atoms with van der Waals surface area (Å²) >= 11 is 0. The lowest BCUT2D eigenvalue weighted by Crippen LogP contribution is -1.62. The molecule has 1 heteroatoms. The first-order valence-electron chi connectivity index (χ1n) is 7.31. The summed E-state index contributed by atoms with van der Waals surface area (Å²) in [5.74, 6) is 0. The van der Waals surface area contributed by atoms with Gasteiger partial charge < -0.3 is 4.98 Å². The van der Waals surface area contributed by atoms with Gasteiger partial charge in [0.1, 0.15) is 0 Å². The molecular weight excluding hydrogens is 158 g/mol. The maximum Gasteiger partial charge on any atom is 0.167 e. The summed E-state index contributed by atoms with van der Waals surface area (Å²) in [6.07, 6.45) is 0. The van der Waals surface area contributed by atoms with E-state index in [1.54, 1.807) is 0 Å². The minimum absolute atomic E-state index is 0.0325. The Kier molecular flexibility index (Phi) is 0.523. The number of para-hydroxylation sites is 2. The molecule has 1 aromatic heterocycles. The Labute approximate surface area is 85.9 Å². The van der Waals surface area contributed by atoms with Crippen LogP contribution in [0.1, 0.15) is 8.22 Å². The van der Waals surface area contributed by atoms with Crippen molar-refractivity contribution in [1.82, 2.24) is 4.98 Å². The fourth-order valence-corrected chi connectivity index (χ4v) is 1.36. The van der Waals surface area contributed by atoms with Crippen molar-refractivity contribution < 1.29 is 9.64 Å². The van der Waals surface area contributed by atoms with Gasteiger partial charge in [0, 0.05) is 21.8 Å². The second-order valence-corrected chi connectivity index (χ2v) is 2.70. The van der Waals surface area contributed by atoms with Gasteiger partial charge in [0.25, 0.3) is 0 Å². The van der Waals surface area contributed by atoms with Crippen molar-refractivity contribution in [1.29, 1.82) is 0 Å². The lowest BCUT2D eigenvalue weighted by molar-refractivity contribution is 1.55. The van der Waals surface area contributed by atoms with E-state index in [1.807, 2.05) is 0 Å². The van der Waals surface area contributed by atoms with Crippen LogP contribution in [0.15, 0.2) is 48.4 Å². The van der Waals surface area contributed by atoms with Crippen LogP contribution in [0, 0.1) is 0 Å². The van der Waals surface area contributed by atoms with Crippen LogP contribution in [0.5, 0.6) is 0 Å². The number of benzene rings is 2. The topological polar surface area (TPSA) is 15.8 Å². The summed E-state index contributed by atoms with van der Waals surface area (Å²) in [6.45, 7) is 0. The number of fused-ring (bicyclic) bond motifs is 3. The van der Waals surface area contributed by atoms with Crippen molar-refractivity contribution in [3.8, 4) is 0 Å². The zero-order valence-corrected chi connectivity index (χ0v) is 6.60. The van der Waals surface area contributed by atoms with E-state index in [1.165, 1.54) is 12.1 Å². The number of hydrogen-bond acceptors (Lipinski definition) is 0. The Morgan fingerprint density at radius 1 is 1.00 bits per heavy atom. The van der Waals surface area contributed by atoms with Gasteiger partial charge in [0.15, 0.2) is 1.41 Å². The Morgan fingerprint density at radius 2 is 1.77 bits per heavy atom. The molecule has 62 valence electrons. The second-order valence-electron chi connectivity index (χ2n) is 2.70. The molecule has 1 nitrogen and oxygen atoms in total. The van der Waals surface area contributed by atoms with Gasteiger partial charge in [-0.2, -0.15) is 0 Å². The highest BCUT2D eigenvalue weighted by Gasteiger charge is 2.00. The van der Waals surface area contributed by atoms with Crippen molar-refractivity contribution in [3.05, 3.63) is 48.4 Å². The molecule has 0 unspecified atom stereocenters. The molecule has 0 fully saturated rings. The Balaban J connectivity index is 2.76. The van der Waals surface area contributed by atoms with E-state index in [2.05, 4.69) is 0 Å². The number of H-pyrrole nitrogens is 1. The monoisotopic (exact) mass is 174 g/mol. The van der Waals surface area contributed by atoms with Crippen LogP contribution in [0.4, 0.5) is 0 Å². The van der Waals surface area contributed by atoms with Crippen LogP contribution >= 0.6 is 0 Å². The molecule has 0 amide bonds. The normalized spacial score (nSPS) is 18.6. The Bertz CT molecular complexity index is 881. The van der Waals surface area contributed by atoms with E-state index < -0.39 is 12.1 Å². The third-order valence-electron chi connectivity index (χ3n) is 1.93. The van der Waals surface area contributed by atoms with Gasteiger partial charge in [-0.3, -0.25) is 0 Å². The summed E-state index contributed by atoms with van der Waals surface area (Å²) in [6, 6.07) is 1.29. The highest BCUT2D eigenvalue weighted by atomic mass is 14.7. The standard InChI is InChI=1S/C12H9N/c1-3-7-11-9(5-1)10-6-2-4-8-12(10)13-11/h1-8,13H/i1D,2D,3D,5D,6D,7D/hD. The summed E-state index contributed by atoms with van der Waals surface area (Å²) in [5, 5.41) is 0.342. The number of aromatic amines is 1. The number of nitrogens with one attached hydrogen (secondary N) is 1. The summed E-state index contributed by atoms with van der Waals surface area (Å²) in [7, 11) is 0. The minimum Gasteiger partial charge on any atom is -0.355 e. The van der Waals surface area contributed by atoms with Gasteiger partial charge in [0.2, 0.25) is 0 Å². The Hall–Kier alpha value is -1.76. The van der Waals surface area contributed by atoms with Gasteiger partial charge >= 0.3 is 0 Å². The molecule has 3 aromatic rings. The van der Waals surface area contributed by atoms with Gasteiger partial charge in [0.05, 0.1) is 8.22 Å². The lowest BCUT2D eigenvalue weighted by atomic mass is 10.2. The molecule has 0 aliphatic carbocycles. The van der Waals surface area contributed by atoms with Crippen LogP contribution < -0.4 is 0 Å². The van der Waals surface area contributed by atoms with E-state index in [0.29, 0.717) is 5.52 Å². The predicted octanol–water partition coefficient (Wildman–Crippen LogP) is 3.32. The molecule has 0 saturated heterocycles. The fraction of sp³-hybridized carbons (Fsp3) is 0. The SMILES string of the molecule is [2H]c1ccc2c(c1[2H])c1c([2H])c([2H])c([2H])c([2H])c1n2[2H]. The van der Waals surface area contributed by atoms with Crippen LogP contribution in [-0.4, -0.2) is 4.98 Å². The van der Waals surface area contributed by atoms with Crippen molar-refractivity contribution in [2.75, 3.05) is 0 Å². The predicted molar refractivity (Wildman–Crippen MR) is 55.8 cm³/mol. The average molecular weight is 174 g/mol. The maximum absolute atomic E-state index is 8.01. The molecule has 0 aliphatic heterocycles. The third kappa shape index (κ3) is 0.872. The van der Waals surface area contributed by atoms with Gasteiger partial charge in [-0.25, -0.2) is 0 Å². The number of aromatic nitrogens is 1. The zero-order chi connectivity index (χ0) is 14.8. The fourth-order valence-electron chi connectivity index (χ4n) is 1.36. The second kappa shape index (κ2) is 2.36. The molecule has 2 aromatic carbocycles. The first kappa shape index (κ1) is 2.88. The van der Waals surface area contributed by atoms with Crippen molar-refractivity contribution in [3.63, 3.8) is 0 Å². The van der Waals surface area contributed by atoms with E-state index in [0.717, 1.165) is 4.98 Å². The van der Waals surface area contributed by atoms with Crippen LogP contribution in [0.3, 0.4) is 0 Å². The number of hydrogen-bond donors (Lipinski definition) is 1. The molecule has 0 atom stereocenters. The van der Waals surface area contributed by atoms with E-state index in [-0.39, 0.29) is 40.5 Å². The van der Waals surface area contributed by atoms with Gasteiger partial charge in [-0.15, -0.1) is 0 Å². The summed E-state index contributed by atoms with van der Waals surface area (Å²) < 4.78 is 54.8. The molecule has 1 heterocycles. The maximum atomic E-state index is 8.01. The van der Waals surface area contributed by atoms with Crippen LogP contribution in [0.25, 0.3) is 21.8 Å². The highest BCUT2D eigenvalue weighted by Crippen LogP contribution is 2.24. The zero-order valence-electron chi connectivity index (χ0n) is 13.6. The quantitative estimate of drug-likeness (QED) is 0.538. The van der Waals surface area contributed by atoms with Crippen LogP contribution in [0.2, 0.25) is 1.41 Å².